The first kappa shape index (κ1) is 19.1. The molecule has 3 rings (SSSR count). The minimum absolute atomic E-state index is 0.0655. The van der Waals surface area contributed by atoms with Crippen LogP contribution in [0.25, 0.3) is 0 Å². The SMILES string of the molecule is CN=C(NCCCCN1CCOCC1)NCC1(c2cccc(F)c2)CC1. The van der Waals surface area contributed by atoms with Crippen molar-refractivity contribution in [3.63, 3.8) is 0 Å². The van der Waals surface area contributed by atoms with Crippen molar-refractivity contribution in [2.24, 2.45) is 4.99 Å². The molecule has 0 aromatic heterocycles. The topological polar surface area (TPSA) is 48.9 Å². The second-order valence-corrected chi connectivity index (χ2v) is 7.30. The van der Waals surface area contributed by atoms with Gasteiger partial charge in [0.15, 0.2) is 5.96 Å². The van der Waals surface area contributed by atoms with Crippen molar-refractivity contribution in [1.82, 2.24) is 15.5 Å². The van der Waals surface area contributed by atoms with E-state index >= 15 is 0 Å². The van der Waals surface area contributed by atoms with E-state index in [0.29, 0.717) is 0 Å². The Morgan fingerprint density at radius 1 is 1.23 bits per heavy atom. The van der Waals surface area contributed by atoms with Crippen molar-refractivity contribution in [2.75, 3.05) is 53.0 Å². The fourth-order valence-electron chi connectivity index (χ4n) is 3.50. The first-order valence-corrected chi connectivity index (χ1v) is 9.72. The van der Waals surface area contributed by atoms with Gasteiger partial charge in [-0.1, -0.05) is 12.1 Å². The van der Waals surface area contributed by atoms with E-state index in [2.05, 4.69) is 20.5 Å². The van der Waals surface area contributed by atoms with Gasteiger partial charge in [0, 0.05) is 38.6 Å². The third-order valence-corrected chi connectivity index (χ3v) is 5.41. The van der Waals surface area contributed by atoms with Crippen molar-refractivity contribution >= 4 is 5.96 Å². The monoisotopic (exact) mass is 362 g/mol. The number of nitrogens with zero attached hydrogens (tertiary/aromatic N) is 2. The highest BCUT2D eigenvalue weighted by Gasteiger charge is 2.44. The number of hydrogen-bond donors (Lipinski definition) is 2. The van der Waals surface area contributed by atoms with Crippen LogP contribution in [0.15, 0.2) is 29.3 Å². The molecule has 5 nitrogen and oxygen atoms in total. The van der Waals surface area contributed by atoms with Crippen LogP contribution in [0.4, 0.5) is 4.39 Å². The lowest BCUT2D eigenvalue weighted by atomic mass is 9.96. The molecule has 0 unspecified atom stereocenters. The van der Waals surface area contributed by atoms with Crippen molar-refractivity contribution in [3.05, 3.63) is 35.6 Å². The van der Waals surface area contributed by atoms with Gasteiger partial charge in [0.1, 0.15) is 5.82 Å². The zero-order valence-electron chi connectivity index (χ0n) is 15.8. The van der Waals surface area contributed by atoms with Crippen LogP contribution < -0.4 is 10.6 Å². The minimum Gasteiger partial charge on any atom is -0.379 e. The lowest BCUT2D eigenvalue weighted by Gasteiger charge is -2.26. The molecule has 1 saturated carbocycles. The Bertz CT molecular complexity index is 597. The molecule has 2 aliphatic rings. The average molecular weight is 362 g/mol. The minimum atomic E-state index is -0.156. The molecule has 1 aromatic carbocycles. The lowest BCUT2D eigenvalue weighted by molar-refractivity contribution is 0.0372. The van der Waals surface area contributed by atoms with Crippen LogP contribution in [0.1, 0.15) is 31.2 Å². The first-order chi connectivity index (χ1) is 12.7. The number of aliphatic imine (C=N–C) groups is 1. The maximum atomic E-state index is 13.5. The van der Waals surface area contributed by atoms with Gasteiger partial charge in [0.25, 0.3) is 0 Å². The highest BCUT2D eigenvalue weighted by Crippen LogP contribution is 2.47. The predicted octanol–water partition coefficient (Wildman–Crippen LogP) is 2.13. The van der Waals surface area contributed by atoms with Gasteiger partial charge in [0.2, 0.25) is 0 Å². The number of rotatable bonds is 8. The van der Waals surface area contributed by atoms with E-state index in [1.165, 1.54) is 12.5 Å². The summed E-state index contributed by atoms with van der Waals surface area (Å²) in [5.41, 5.74) is 1.15. The molecule has 26 heavy (non-hydrogen) atoms. The van der Waals surface area contributed by atoms with Crippen LogP contribution in [0, 0.1) is 5.82 Å². The van der Waals surface area contributed by atoms with Crippen LogP contribution in [-0.2, 0) is 10.2 Å². The molecule has 1 aromatic rings. The largest absolute Gasteiger partial charge is 0.379 e. The summed E-state index contributed by atoms with van der Waals surface area (Å²) < 4.78 is 18.9. The molecule has 1 aliphatic carbocycles. The Balaban J connectivity index is 1.34. The Labute approximate surface area is 156 Å². The molecule has 0 bridgehead atoms. The molecule has 2 N–H and O–H groups in total. The van der Waals surface area contributed by atoms with Crippen LogP contribution in [0.5, 0.6) is 0 Å². The number of nitrogens with one attached hydrogen (secondary N) is 2. The van der Waals surface area contributed by atoms with Crippen LogP contribution >= 0.6 is 0 Å². The summed E-state index contributed by atoms with van der Waals surface area (Å²) in [6.45, 7) is 6.68. The van der Waals surface area contributed by atoms with Gasteiger partial charge in [-0.25, -0.2) is 4.39 Å². The van der Waals surface area contributed by atoms with E-state index in [9.17, 15) is 4.39 Å². The van der Waals surface area contributed by atoms with Crippen molar-refractivity contribution in [1.29, 1.82) is 0 Å². The molecule has 0 amide bonds. The van der Waals surface area contributed by atoms with E-state index in [-0.39, 0.29) is 11.2 Å². The number of morpholine rings is 1. The number of ether oxygens (including phenoxy) is 1. The molecule has 2 fully saturated rings. The van der Waals surface area contributed by atoms with Crippen LogP contribution in [0.3, 0.4) is 0 Å². The summed E-state index contributed by atoms with van der Waals surface area (Å²) >= 11 is 0. The highest BCUT2D eigenvalue weighted by atomic mass is 19.1. The number of unbranched alkanes of at least 4 members (excludes halogenated alkanes) is 1. The quantitative estimate of drug-likeness (QED) is 0.423. The van der Waals surface area contributed by atoms with E-state index in [0.717, 1.165) is 76.7 Å². The van der Waals surface area contributed by atoms with Crippen molar-refractivity contribution in [2.45, 2.75) is 31.1 Å². The van der Waals surface area contributed by atoms with Crippen LogP contribution in [0.2, 0.25) is 0 Å². The van der Waals surface area contributed by atoms with E-state index in [4.69, 9.17) is 4.74 Å². The third-order valence-electron chi connectivity index (χ3n) is 5.41. The summed E-state index contributed by atoms with van der Waals surface area (Å²) in [5.74, 6) is 0.676. The normalized spacial score (nSPS) is 20.0. The number of halogens is 1. The van der Waals surface area contributed by atoms with E-state index < -0.39 is 0 Å². The van der Waals surface area contributed by atoms with Crippen molar-refractivity contribution < 1.29 is 9.13 Å². The molecule has 0 radical (unpaired) electrons. The van der Waals surface area contributed by atoms with Gasteiger partial charge in [-0.2, -0.15) is 0 Å². The second kappa shape index (κ2) is 9.33. The molecule has 1 heterocycles. The molecule has 144 valence electrons. The molecule has 1 saturated heterocycles. The standard InChI is InChI=1S/C20H31FN4O/c1-22-19(23-9-2-3-10-25-11-13-26-14-12-25)24-16-20(7-8-20)17-5-4-6-18(21)15-17/h4-6,15H,2-3,7-14,16H2,1H3,(H2,22,23,24). The summed E-state index contributed by atoms with van der Waals surface area (Å²) in [6, 6.07) is 6.99. The average Bonchev–Trinajstić information content (AvgIpc) is 3.46. The molecule has 6 heteroatoms. The van der Waals surface area contributed by atoms with Gasteiger partial charge in [-0.3, -0.25) is 9.89 Å². The summed E-state index contributed by atoms with van der Waals surface area (Å²) in [5, 5.41) is 6.81. The Morgan fingerprint density at radius 2 is 2.04 bits per heavy atom. The zero-order chi connectivity index (χ0) is 18.2. The number of guanidine groups is 1. The number of hydrogen-bond acceptors (Lipinski definition) is 3. The van der Waals surface area contributed by atoms with Gasteiger partial charge >= 0.3 is 0 Å². The molecule has 0 spiro atoms. The van der Waals surface area contributed by atoms with Gasteiger partial charge in [0.05, 0.1) is 13.2 Å². The Hall–Kier alpha value is -1.66. The first-order valence-electron chi connectivity index (χ1n) is 9.72. The van der Waals surface area contributed by atoms with Crippen molar-refractivity contribution in [3.8, 4) is 0 Å². The van der Waals surface area contributed by atoms with Crippen LogP contribution in [-0.4, -0.2) is 63.8 Å². The molecular weight excluding hydrogens is 331 g/mol. The highest BCUT2D eigenvalue weighted by molar-refractivity contribution is 5.79. The van der Waals surface area contributed by atoms with E-state index in [1.54, 1.807) is 19.2 Å². The summed E-state index contributed by atoms with van der Waals surface area (Å²) in [6.07, 6.45) is 4.49. The summed E-state index contributed by atoms with van der Waals surface area (Å²) in [4.78, 5) is 6.78. The smallest absolute Gasteiger partial charge is 0.191 e. The fraction of sp³-hybridized carbons (Fsp3) is 0.650. The second-order valence-electron chi connectivity index (χ2n) is 7.30. The third kappa shape index (κ3) is 5.42. The van der Waals surface area contributed by atoms with Gasteiger partial charge in [-0.05, 0) is 49.9 Å². The molecule has 1 aliphatic heterocycles. The Kier molecular flexibility index (Phi) is 6.86. The molecular formula is C20H31FN4O. The van der Waals surface area contributed by atoms with Gasteiger partial charge < -0.3 is 15.4 Å². The number of benzene rings is 1. The fourth-order valence-corrected chi connectivity index (χ4v) is 3.50. The molecule has 0 atom stereocenters. The van der Waals surface area contributed by atoms with Gasteiger partial charge in [-0.15, -0.1) is 0 Å². The van der Waals surface area contributed by atoms with E-state index in [1.807, 2.05) is 6.07 Å². The summed E-state index contributed by atoms with van der Waals surface area (Å²) in [7, 11) is 1.80. The Morgan fingerprint density at radius 3 is 2.73 bits per heavy atom. The maximum Gasteiger partial charge on any atom is 0.191 e. The lowest BCUT2D eigenvalue weighted by Crippen LogP contribution is -2.42. The maximum absolute atomic E-state index is 13.5. The zero-order valence-corrected chi connectivity index (χ0v) is 15.8. The predicted molar refractivity (Wildman–Crippen MR) is 103 cm³/mol.